The molecular formula is C6H16O4Si2. The molecule has 0 rings (SSSR count). The Morgan fingerprint density at radius 2 is 1.33 bits per heavy atom. The fourth-order valence-electron chi connectivity index (χ4n) is 0.623. The van der Waals surface area contributed by atoms with Crippen molar-refractivity contribution in [2.45, 2.75) is 20.8 Å². The molecule has 0 aromatic rings. The van der Waals surface area contributed by atoms with Gasteiger partial charge in [0.2, 0.25) is 0 Å². The molecule has 0 atom stereocenters. The zero-order valence-electron chi connectivity index (χ0n) is 7.79. The third kappa shape index (κ3) is 5.01. The molecule has 0 aliphatic rings. The van der Waals surface area contributed by atoms with Gasteiger partial charge in [-0.2, -0.15) is 0 Å². The quantitative estimate of drug-likeness (QED) is 0.605. The Bertz CT molecular complexity index is 97.5. The van der Waals surface area contributed by atoms with Gasteiger partial charge < -0.3 is 18.1 Å². The number of hydrogen-bond donors (Lipinski definition) is 1. The lowest BCUT2D eigenvalue weighted by Gasteiger charge is -2.15. The van der Waals surface area contributed by atoms with E-state index >= 15 is 0 Å². The van der Waals surface area contributed by atoms with Crippen LogP contribution in [0, 0.1) is 0 Å². The maximum absolute atomic E-state index is 9.45. The molecule has 6 heteroatoms. The van der Waals surface area contributed by atoms with Gasteiger partial charge in [0, 0.05) is 19.8 Å². The molecule has 1 N–H and O–H groups in total. The highest BCUT2D eigenvalue weighted by atomic mass is 29.2. The smallest absolute Gasteiger partial charge is 0.409 e. The highest BCUT2D eigenvalue weighted by Gasteiger charge is 2.31. The molecule has 0 amide bonds. The summed E-state index contributed by atoms with van der Waals surface area (Å²) in [5, 5.41) is 0. The van der Waals surface area contributed by atoms with Crippen LogP contribution >= 0.6 is 0 Å². The number of hydrogen-bond acceptors (Lipinski definition) is 4. The van der Waals surface area contributed by atoms with E-state index in [0.29, 0.717) is 19.8 Å². The molecule has 0 aromatic carbocycles. The van der Waals surface area contributed by atoms with Crippen molar-refractivity contribution in [3.63, 3.8) is 0 Å². The van der Waals surface area contributed by atoms with Crippen LogP contribution in [0.5, 0.6) is 0 Å². The summed E-state index contributed by atoms with van der Waals surface area (Å²) in [6, 6.07) is 0. The fourth-order valence-corrected chi connectivity index (χ4v) is 4.26. The topological polar surface area (TPSA) is 47.9 Å². The number of rotatable bonds is 7. The Kier molecular flexibility index (Phi) is 8.08. The molecule has 0 fully saturated rings. The first kappa shape index (κ1) is 12.3. The van der Waals surface area contributed by atoms with Gasteiger partial charge in [0.15, 0.2) is 0 Å². The van der Waals surface area contributed by atoms with Crippen molar-refractivity contribution in [2.24, 2.45) is 0 Å². The van der Waals surface area contributed by atoms with Crippen LogP contribution in [0.4, 0.5) is 0 Å². The van der Waals surface area contributed by atoms with Crippen LogP contribution in [-0.2, 0) is 13.3 Å². The van der Waals surface area contributed by atoms with E-state index in [1.54, 1.807) is 0 Å². The average molecular weight is 208 g/mol. The lowest BCUT2D eigenvalue weighted by atomic mass is 10.9. The summed E-state index contributed by atoms with van der Waals surface area (Å²) in [5.74, 6) is 0. The van der Waals surface area contributed by atoms with E-state index in [2.05, 4.69) is 0 Å². The predicted octanol–water partition coefficient (Wildman–Crippen LogP) is 0.143. The normalized spacial score (nSPS) is 11.5. The zero-order chi connectivity index (χ0) is 9.40. The Morgan fingerprint density at radius 3 is 1.67 bits per heavy atom. The summed E-state index contributed by atoms with van der Waals surface area (Å²) >= 11 is 0. The van der Waals surface area contributed by atoms with Gasteiger partial charge >= 0.3 is 17.6 Å². The minimum absolute atomic E-state index is 0.513. The highest BCUT2D eigenvalue weighted by molar-refractivity contribution is 7.10. The van der Waals surface area contributed by atoms with Gasteiger partial charge in [0.05, 0.1) is 0 Å². The third-order valence-electron chi connectivity index (χ3n) is 1.01. The van der Waals surface area contributed by atoms with Crippen LogP contribution in [0.25, 0.3) is 0 Å². The molecule has 0 aromatic heterocycles. The van der Waals surface area contributed by atoms with E-state index < -0.39 is 17.6 Å². The molecule has 72 valence electrons. The van der Waals surface area contributed by atoms with Gasteiger partial charge in [-0.05, 0) is 20.8 Å². The summed E-state index contributed by atoms with van der Waals surface area (Å²) in [6.45, 7) is 7.25. The van der Waals surface area contributed by atoms with Crippen LogP contribution in [0.1, 0.15) is 20.8 Å². The standard InChI is InChI=1S/C6H16O4Si2/c1-4-8-11(7)12(9-5-2)10-6-3/h7H,4-6H2,1-3H3. The van der Waals surface area contributed by atoms with E-state index in [0.717, 1.165) is 0 Å². The minimum Gasteiger partial charge on any atom is -0.409 e. The van der Waals surface area contributed by atoms with Gasteiger partial charge in [-0.15, -0.1) is 0 Å². The third-order valence-corrected chi connectivity index (χ3v) is 5.37. The molecular weight excluding hydrogens is 192 g/mol. The second-order valence-electron chi connectivity index (χ2n) is 1.89. The lowest BCUT2D eigenvalue weighted by molar-refractivity contribution is 0.203. The van der Waals surface area contributed by atoms with Gasteiger partial charge in [0.1, 0.15) is 0 Å². The van der Waals surface area contributed by atoms with E-state index in [1.165, 1.54) is 0 Å². The molecule has 0 heterocycles. The molecule has 0 aliphatic carbocycles. The minimum atomic E-state index is -1.85. The Balaban J connectivity index is 3.72. The molecule has 12 heavy (non-hydrogen) atoms. The second kappa shape index (κ2) is 7.90. The van der Waals surface area contributed by atoms with Crippen LogP contribution < -0.4 is 0 Å². The van der Waals surface area contributed by atoms with Crippen LogP contribution in [0.3, 0.4) is 0 Å². The molecule has 0 saturated carbocycles. The monoisotopic (exact) mass is 208 g/mol. The molecule has 2 radical (unpaired) electrons. The van der Waals surface area contributed by atoms with Crippen molar-refractivity contribution in [1.82, 2.24) is 0 Å². The summed E-state index contributed by atoms with van der Waals surface area (Å²) in [4.78, 5) is 9.45. The molecule has 0 spiro atoms. The van der Waals surface area contributed by atoms with E-state index in [1.807, 2.05) is 20.8 Å². The largest absolute Gasteiger partial charge is 0.433 e. The summed E-state index contributed by atoms with van der Waals surface area (Å²) < 4.78 is 15.6. The molecule has 0 saturated heterocycles. The summed E-state index contributed by atoms with van der Waals surface area (Å²) in [7, 11) is -3.40. The Hall–Kier alpha value is 0.274. The lowest BCUT2D eigenvalue weighted by Crippen LogP contribution is -2.43. The van der Waals surface area contributed by atoms with Gasteiger partial charge in [-0.1, -0.05) is 0 Å². The average Bonchev–Trinajstić information content (AvgIpc) is 2.04. The predicted molar refractivity (Wildman–Crippen MR) is 48.6 cm³/mol. The summed E-state index contributed by atoms with van der Waals surface area (Å²) in [5.41, 5.74) is 0. The Labute approximate surface area is 76.9 Å². The SMILES string of the molecule is CCO[Si](O)[Si](OCC)OCC. The van der Waals surface area contributed by atoms with Crippen molar-refractivity contribution in [3.05, 3.63) is 0 Å². The first-order valence-corrected chi connectivity index (χ1v) is 7.75. The van der Waals surface area contributed by atoms with Gasteiger partial charge in [0.25, 0.3) is 0 Å². The van der Waals surface area contributed by atoms with Crippen LogP contribution in [-0.4, -0.2) is 42.2 Å². The van der Waals surface area contributed by atoms with Crippen LogP contribution in [0.15, 0.2) is 0 Å². The van der Waals surface area contributed by atoms with E-state index in [4.69, 9.17) is 13.3 Å². The van der Waals surface area contributed by atoms with Crippen molar-refractivity contribution in [1.29, 1.82) is 0 Å². The highest BCUT2D eigenvalue weighted by Crippen LogP contribution is 1.95. The molecule has 0 unspecified atom stereocenters. The second-order valence-corrected chi connectivity index (χ2v) is 6.45. The van der Waals surface area contributed by atoms with Crippen molar-refractivity contribution < 1.29 is 18.1 Å². The zero-order valence-corrected chi connectivity index (χ0v) is 9.79. The maximum Gasteiger partial charge on any atom is 0.433 e. The summed E-state index contributed by atoms with van der Waals surface area (Å²) in [6.07, 6.45) is 0. The molecule has 0 aliphatic heterocycles. The molecule has 0 bridgehead atoms. The maximum atomic E-state index is 9.45. The van der Waals surface area contributed by atoms with Crippen molar-refractivity contribution in [2.75, 3.05) is 19.8 Å². The fraction of sp³-hybridized carbons (Fsp3) is 1.00. The van der Waals surface area contributed by atoms with Crippen molar-refractivity contribution >= 4 is 17.6 Å². The van der Waals surface area contributed by atoms with Crippen molar-refractivity contribution in [3.8, 4) is 0 Å². The van der Waals surface area contributed by atoms with Gasteiger partial charge in [-0.3, -0.25) is 0 Å². The van der Waals surface area contributed by atoms with Gasteiger partial charge in [-0.25, -0.2) is 0 Å². The molecule has 4 nitrogen and oxygen atoms in total. The van der Waals surface area contributed by atoms with E-state index in [-0.39, 0.29) is 0 Å². The first-order chi connectivity index (χ1) is 5.76. The first-order valence-electron chi connectivity index (χ1n) is 4.07. The Morgan fingerprint density at radius 1 is 0.917 bits per heavy atom. The van der Waals surface area contributed by atoms with E-state index in [9.17, 15) is 4.80 Å². The van der Waals surface area contributed by atoms with Crippen LogP contribution in [0.2, 0.25) is 0 Å².